The maximum Gasteiger partial charge on any atom is 0.264 e. The summed E-state index contributed by atoms with van der Waals surface area (Å²) in [5, 5.41) is 8.69. The van der Waals surface area contributed by atoms with Crippen LogP contribution in [0.2, 0.25) is 0 Å². The first-order chi connectivity index (χ1) is 9.78. The number of aryl methyl sites for hydroxylation is 2. The highest BCUT2D eigenvalue weighted by molar-refractivity contribution is 7.14. The quantitative estimate of drug-likeness (QED) is 0.781. The number of nitrogens with zero attached hydrogens (tertiary/aromatic N) is 3. The molecule has 0 atom stereocenters. The second-order valence-corrected chi connectivity index (χ2v) is 6.63. The highest BCUT2D eigenvalue weighted by Crippen LogP contribution is 2.30. The van der Waals surface area contributed by atoms with Gasteiger partial charge in [-0.3, -0.25) is 9.69 Å². The Bertz CT molecular complexity index is 514. The van der Waals surface area contributed by atoms with Crippen LogP contribution in [0.5, 0.6) is 0 Å². The predicted octanol–water partition coefficient (Wildman–Crippen LogP) is 1.91. The third kappa shape index (κ3) is 2.72. The van der Waals surface area contributed by atoms with Crippen LogP contribution in [-0.4, -0.2) is 48.4 Å². The molecule has 1 aliphatic heterocycles. The molecule has 1 aromatic heterocycles. The van der Waals surface area contributed by atoms with Crippen molar-refractivity contribution in [1.29, 1.82) is 5.26 Å². The number of rotatable bonds is 2. The van der Waals surface area contributed by atoms with Crippen molar-refractivity contribution in [3.63, 3.8) is 0 Å². The summed E-state index contributed by atoms with van der Waals surface area (Å²) in [5.74, 6) is 0.181. The van der Waals surface area contributed by atoms with Crippen molar-refractivity contribution in [3.8, 4) is 6.07 Å². The van der Waals surface area contributed by atoms with Gasteiger partial charge in [0.05, 0.1) is 17.5 Å². The molecule has 20 heavy (non-hydrogen) atoms. The summed E-state index contributed by atoms with van der Waals surface area (Å²) in [6.07, 6.45) is 4.79. The summed E-state index contributed by atoms with van der Waals surface area (Å²) in [4.78, 5) is 18.9. The van der Waals surface area contributed by atoms with Crippen molar-refractivity contribution in [2.24, 2.45) is 0 Å². The maximum atomic E-state index is 12.5. The molecule has 2 aliphatic rings. The van der Waals surface area contributed by atoms with Gasteiger partial charge < -0.3 is 4.90 Å². The van der Waals surface area contributed by atoms with Crippen molar-refractivity contribution in [2.45, 2.75) is 25.7 Å². The predicted molar refractivity (Wildman–Crippen MR) is 78.9 cm³/mol. The largest absolute Gasteiger partial charge is 0.335 e. The molecule has 0 spiro atoms. The Labute approximate surface area is 123 Å². The number of hydrogen-bond donors (Lipinski definition) is 0. The van der Waals surface area contributed by atoms with Crippen molar-refractivity contribution in [3.05, 3.63) is 21.4 Å². The van der Waals surface area contributed by atoms with Crippen LogP contribution in [0.25, 0.3) is 0 Å². The van der Waals surface area contributed by atoms with Crippen molar-refractivity contribution in [2.75, 3.05) is 32.7 Å². The van der Waals surface area contributed by atoms with Crippen molar-refractivity contribution < 1.29 is 4.79 Å². The lowest BCUT2D eigenvalue weighted by Crippen LogP contribution is -2.48. The Balaban J connectivity index is 1.65. The fourth-order valence-electron chi connectivity index (χ4n) is 2.96. The van der Waals surface area contributed by atoms with E-state index in [2.05, 4.69) is 17.0 Å². The van der Waals surface area contributed by atoms with Crippen LogP contribution in [0, 0.1) is 11.3 Å². The molecular formula is C15H19N3OS. The third-order valence-corrected chi connectivity index (χ3v) is 5.39. The van der Waals surface area contributed by atoms with E-state index < -0.39 is 0 Å². The minimum Gasteiger partial charge on any atom is -0.335 e. The maximum absolute atomic E-state index is 12.5. The standard InChI is InChI=1S/C15H19N3OS/c16-5-6-17-7-9-18(10-8-17)15(19)14-11-12-3-1-2-4-13(12)20-14/h11H,1-4,6-10H2. The number of hydrogen-bond acceptors (Lipinski definition) is 4. The summed E-state index contributed by atoms with van der Waals surface area (Å²) in [5.41, 5.74) is 1.40. The Hall–Kier alpha value is -1.38. The smallest absolute Gasteiger partial charge is 0.264 e. The summed E-state index contributed by atoms with van der Waals surface area (Å²) in [6, 6.07) is 4.28. The highest BCUT2D eigenvalue weighted by atomic mass is 32.1. The van der Waals surface area contributed by atoms with Crippen LogP contribution in [0.3, 0.4) is 0 Å². The molecule has 4 nitrogen and oxygen atoms in total. The molecule has 1 aliphatic carbocycles. The Morgan fingerprint density at radius 2 is 2.00 bits per heavy atom. The van der Waals surface area contributed by atoms with Gasteiger partial charge in [0, 0.05) is 31.1 Å². The number of nitriles is 1. The van der Waals surface area contributed by atoms with Crippen molar-refractivity contribution in [1.82, 2.24) is 9.80 Å². The molecule has 1 saturated heterocycles. The lowest BCUT2D eigenvalue weighted by molar-refractivity contribution is 0.0656. The average molecular weight is 289 g/mol. The Morgan fingerprint density at radius 1 is 1.25 bits per heavy atom. The lowest BCUT2D eigenvalue weighted by atomic mass is 9.99. The molecule has 5 heteroatoms. The monoisotopic (exact) mass is 289 g/mol. The van der Waals surface area contributed by atoms with Gasteiger partial charge in [0.15, 0.2) is 0 Å². The van der Waals surface area contributed by atoms with E-state index in [1.165, 1.54) is 23.3 Å². The van der Waals surface area contributed by atoms with Crippen LogP contribution in [0.1, 0.15) is 33.0 Å². The topological polar surface area (TPSA) is 47.3 Å². The molecule has 0 aromatic carbocycles. The van der Waals surface area contributed by atoms with Crippen LogP contribution >= 0.6 is 11.3 Å². The lowest BCUT2D eigenvalue weighted by Gasteiger charge is -2.33. The molecule has 0 saturated carbocycles. The van der Waals surface area contributed by atoms with E-state index in [4.69, 9.17) is 5.26 Å². The summed E-state index contributed by atoms with van der Waals surface area (Å²) in [7, 11) is 0. The van der Waals surface area contributed by atoms with Crippen LogP contribution in [0.15, 0.2) is 6.07 Å². The Kier molecular flexibility index (Phi) is 4.04. The third-order valence-electron chi connectivity index (χ3n) is 4.16. The van der Waals surface area contributed by atoms with Crippen LogP contribution < -0.4 is 0 Å². The number of carbonyl (C=O) groups excluding carboxylic acids is 1. The fraction of sp³-hybridized carbons (Fsp3) is 0.600. The zero-order valence-corrected chi connectivity index (χ0v) is 12.4. The van der Waals surface area contributed by atoms with E-state index in [1.807, 2.05) is 4.90 Å². The van der Waals surface area contributed by atoms with Gasteiger partial charge in [0.25, 0.3) is 5.91 Å². The van der Waals surface area contributed by atoms with Gasteiger partial charge in [0.1, 0.15) is 0 Å². The first kappa shape index (κ1) is 13.6. The molecule has 3 rings (SSSR count). The van der Waals surface area contributed by atoms with Crippen molar-refractivity contribution >= 4 is 17.2 Å². The first-order valence-corrected chi connectivity index (χ1v) is 8.10. The second kappa shape index (κ2) is 5.94. The molecule has 106 valence electrons. The van der Waals surface area contributed by atoms with E-state index in [0.717, 1.165) is 43.9 Å². The summed E-state index contributed by atoms with van der Waals surface area (Å²) in [6.45, 7) is 3.57. The van der Waals surface area contributed by atoms with E-state index >= 15 is 0 Å². The molecular weight excluding hydrogens is 270 g/mol. The molecule has 1 aromatic rings. The molecule has 2 heterocycles. The first-order valence-electron chi connectivity index (χ1n) is 7.28. The summed E-state index contributed by atoms with van der Waals surface area (Å²) >= 11 is 1.69. The second-order valence-electron chi connectivity index (χ2n) is 5.49. The summed E-state index contributed by atoms with van der Waals surface area (Å²) < 4.78 is 0. The Morgan fingerprint density at radius 3 is 2.70 bits per heavy atom. The SMILES string of the molecule is N#CCN1CCN(C(=O)c2cc3c(s2)CCCC3)CC1. The highest BCUT2D eigenvalue weighted by Gasteiger charge is 2.24. The zero-order valence-electron chi connectivity index (χ0n) is 11.6. The van der Waals surface area contributed by atoms with Crippen LogP contribution in [0.4, 0.5) is 0 Å². The molecule has 0 unspecified atom stereocenters. The molecule has 0 bridgehead atoms. The van der Waals surface area contributed by atoms with E-state index in [-0.39, 0.29) is 5.91 Å². The van der Waals surface area contributed by atoms with E-state index in [9.17, 15) is 4.79 Å². The average Bonchev–Trinajstić information content (AvgIpc) is 2.91. The van der Waals surface area contributed by atoms with Gasteiger partial charge in [0.2, 0.25) is 0 Å². The van der Waals surface area contributed by atoms with Gasteiger partial charge in [-0.2, -0.15) is 5.26 Å². The van der Waals surface area contributed by atoms with Crippen LogP contribution in [-0.2, 0) is 12.8 Å². The minimum atomic E-state index is 0.181. The fourth-order valence-corrected chi connectivity index (χ4v) is 4.18. The number of carbonyl (C=O) groups is 1. The minimum absolute atomic E-state index is 0.181. The number of fused-ring (bicyclic) bond motifs is 1. The van der Waals surface area contributed by atoms with E-state index in [1.54, 1.807) is 11.3 Å². The zero-order chi connectivity index (χ0) is 13.9. The normalized spacial score (nSPS) is 19.4. The number of amides is 1. The molecule has 1 amide bonds. The molecule has 1 fully saturated rings. The van der Waals surface area contributed by atoms with Gasteiger partial charge in [-0.25, -0.2) is 0 Å². The number of piperazine rings is 1. The molecule has 0 N–H and O–H groups in total. The molecule has 0 radical (unpaired) electrons. The van der Waals surface area contributed by atoms with E-state index in [0.29, 0.717) is 6.54 Å². The number of thiophene rings is 1. The van der Waals surface area contributed by atoms with Gasteiger partial charge in [-0.05, 0) is 37.3 Å². The van der Waals surface area contributed by atoms with Gasteiger partial charge >= 0.3 is 0 Å². The van der Waals surface area contributed by atoms with Gasteiger partial charge in [-0.15, -0.1) is 11.3 Å². The van der Waals surface area contributed by atoms with Gasteiger partial charge in [-0.1, -0.05) is 0 Å².